The standard InChI is InChI=1S/C23H25N3O3/c27-21(11-6-14-24-22(28)17-7-2-1-3-8-17)26-15-12-18(13-16-26)23-25-19-9-4-5-10-20(19)29-23/h1-5,7-10,18H,6,11-16H2,(H,24,28). The number of piperidine rings is 1. The Hall–Kier alpha value is -3.15. The van der Waals surface area contributed by atoms with E-state index in [1.165, 1.54) is 0 Å². The van der Waals surface area contributed by atoms with Crippen LogP contribution in [-0.2, 0) is 4.79 Å². The second-order valence-corrected chi connectivity index (χ2v) is 7.40. The minimum absolute atomic E-state index is 0.0998. The average molecular weight is 391 g/mol. The zero-order valence-electron chi connectivity index (χ0n) is 16.3. The van der Waals surface area contributed by atoms with Gasteiger partial charge in [0.2, 0.25) is 5.91 Å². The number of amides is 2. The molecule has 1 aliphatic heterocycles. The molecule has 6 nitrogen and oxygen atoms in total. The molecule has 0 spiro atoms. The number of nitrogens with one attached hydrogen (secondary N) is 1. The number of hydrogen-bond donors (Lipinski definition) is 1. The van der Waals surface area contributed by atoms with Crippen molar-refractivity contribution in [2.45, 2.75) is 31.6 Å². The number of benzene rings is 2. The lowest BCUT2D eigenvalue weighted by Gasteiger charge is -2.30. The minimum atomic E-state index is -0.0998. The lowest BCUT2D eigenvalue weighted by atomic mass is 9.96. The lowest BCUT2D eigenvalue weighted by Crippen LogP contribution is -2.38. The molecule has 1 saturated heterocycles. The van der Waals surface area contributed by atoms with Crippen molar-refractivity contribution in [3.05, 3.63) is 66.1 Å². The fourth-order valence-electron chi connectivity index (χ4n) is 3.73. The SMILES string of the molecule is O=C(NCCCC(=O)N1CCC(c2nc3ccccc3o2)CC1)c1ccccc1. The largest absolute Gasteiger partial charge is 0.440 e. The first-order valence-corrected chi connectivity index (χ1v) is 10.2. The lowest BCUT2D eigenvalue weighted by molar-refractivity contribution is -0.132. The molecular weight excluding hydrogens is 366 g/mol. The monoisotopic (exact) mass is 391 g/mol. The number of nitrogens with zero attached hydrogens (tertiary/aromatic N) is 2. The molecule has 2 heterocycles. The highest BCUT2D eigenvalue weighted by atomic mass is 16.3. The molecule has 0 unspecified atom stereocenters. The van der Waals surface area contributed by atoms with Crippen LogP contribution in [0, 0.1) is 0 Å². The first-order chi connectivity index (χ1) is 14.2. The Morgan fingerprint density at radius 3 is 2.52 bits per heavy atom. The van der Waals surface area contributed by atoms with E-state index in [0.29, 0.717) is 24.9 Å². The van der Waals surface area contributed by atoms with Crippen molar-refractivity contribution >= 4 is 22.9 Å². The zero-order valence-corrected chi connectivity index (χ0v) is 16.3. The second kappa shape index (κ2) is 8.90. The van der Waals surface area contributed by atoms with Crippen LogP contribution >= 0.6 is 0 Å². The highest BCUT2D eigenvalue weighted by Gasteiger charge is 2.26. The highest BCUT2D eigenvalue weighted by Crippen LogP contribution is 2.30. The van der Waals surface area contributed by atoms with E-state index in [1.807, 2.05) is 47.4 Å². The maximum atomic E-state index is 12.5. The van der Waals surface area contributed by atoms with Crippen LogP contribution in [0.4, 0.5) is 0 Å². The zero-order chi connectivity index (χ0) is 20.1. The van der Waals surface area contributed by atoms with Crippen molar-refractivity contribution in [2.75, 3.05) is 19.6 Å². The second-order valence-electron chi connectivity index (χ2n) is 7.40. The van der Waals surface area contributed by atoms with E-state index in [2.05, 4.69) is 10.3 Å². The Labute approximate surface area is 169 Å². The van der Waals surface area contributed by atoms with Gasteiger partial charge in [-0.15, -0.1) is 0 Å². The van der Waals surface area contributed by atoms with Crippen LogP contribution in [-0.4, -0.2) is 41.3 Å². The number of carbonyl (C=O) groups excluding carboxylic acids is 2. The van der Waals surface area contributed by atoms with E-state index < -0.39 is 0 Å². The average Bonchev–Trinajstić information content (AvgIpc) is 3.21. The summed E-state index contributed by atoms with van der Waals surface area (Å²) in [6.07, 6.45) is 2.82. The van der Waals surface area contributed by atoms with Crippen molar-refractivity contribution in [3.8, 4) is 0 Å². The van der Waals surface area contributed by atoms with Gasteiger partial charge in [-0.1, -0.05) is 30.3 Å². The summed E-state index contributed by atoms with van der Waals surface area (Å²) in [5.41, 5.74) is 2.34. The summed E-state index contributed by atoms with van der Waals surface area (Å²) in [5.74, 6) is 1.09. The van der Waals surface area contributed by atoms with Crippen LogP contribution in [0.2, 0.25) is 0 Å². The first kappa shape index (κ1) is 19.2. The summed E-state index contributed by atoms with van der Waals surface area (Å²) in [5, 5.41) is 2.87. The summed E-state index contributed by atoms with van der Waals surface area (Å²) in [4.78, 5) is 31.0. The van der Waals surface area contributed by atoms with Gasteiger partial charge in [0.1, 0.15) is 5.52 Å². The van der Waals surface area contributed by atoms with Gasteiger partial charge >= 0.3 is 0 Å². The van der Waals surface area contributed by atoms with Crippen molar-refractivity contribution < 1.29 is 14.0 Å². The number of para-hydroxylation sites is 2. The van der Waals surface area contributed by atoms with E-state index in [4.69, 9.17) is 4.42 Å². The third-order valence-electron chi connectivity index (χ3n) is 5.40. The van der Waals surface area contributed by atoms with Gasteiger partial charge in [0, 0.05) is 37.5 Å². The number of oxazole rings is 1. The molecular formula is C23H25N3O3. The number of rotatable bonds is 6. The smallest absolute Gasteiger partial charge is 0.251 e. The maximum Gasteiger partial charge on any atom is 0.251 e. The normalized spacial score (nSPS) is 14.8. The van der Waals surface area contributed by atoms with Gasteiger partial charge in [-0.25, -0.2) is 4.98 Å². The van der Waals surface area contributed by atoms with Gasteiger partial charge < -0.3 is 14.6 Å². The van der Waals surface area contributed by atoms with Crippen LogP contribution in [0.25, 0.3) is 11.1 Å². The van der Waals surface area contributed by atoms with E-state index in [9.17, 15) is 9.59 Å². The minimum Gasteiger partial charge on any atom is -0.440 e. The van der Waals surface area contributed by atoms with E-state index in [1.54, 1.807) is 12.1 Å². The topological polar surface area (TPSA) is 75.4 Å². The summed E-state index contributed by atoms with van der Waals surface area (Å²) >= 11 is 0. The molecule has 1 aliphatic rings. The van der Waals surface area contributed by atoms with Gasteiger partial charge in [-0.2, -0.15) is 0 Å². The maximum absolute atomic E-state index is 12.5. The summed E-state index contributed by atoms with van der Waals surface area (Å²) < 4.78 is 5.89. The van der Waals surface area contributed by atoms with Gasteiger partial charge in [-0.05, 0) is 43.5 Å². The summed E-state index contributed by atoms with van der Waals surface area (Å²) in [6.45, 7) is 1.94. The molecule has 3 aromatic rings. The Bertz CT molecular complexity index is 942. The van der Waals surface area contributed by atoms with Crippen molar-refractivity contribution in [1.82, 2.24) is 15.2 Å². The molecule has 6 heteroatoms. The van der Waals surface area contributed by atoms with E-state index in [0.717, 1.165) is 42.9 Å². The van der Waals surface area contributed by atoms with Crippen molar-refractivity contribution in [3.63, 3.8) is 0 Å². The molecule has 2 amide bonds. The molecule has 2 aromatic carbocycles. The van der Waals surface area contributed by atoms with Crippen LogP contribution in [0.5, 0.6) is 0 Å². The van der Waals surface area contributed by atoms with Crippen LogP contribution < -0.4 is 5.32 Å². The number of hydrogen-bond acceptors (Lipinski definition) is 4. The highest BCUT2D eigenvalue weighted by molar-refractivity contribution is 5.94. The molecule has 1 N–H and O–H groups in total. The Kier molecular flexibility index (Phi) is 5.89. The molecule has 0 atom stereocenters. The predicted molar refractivity (Wildman–Crippen MR) is 111 cm³/mol. The van der Waals surface area contributed by atoms with E-state index in [-0.39, 0.29) is 17.7 Å². The molecule has 150 valence electrons. The van der Waals surface area contributed by atoms with Gasteiger partial charge in [0.05, 0.1) is 0 Å². The predicted octanol–water partition coefficient (Wildman–Crippen LogP) is 3.74. The van der Waals surface area contributed by atoms with Crippen molar-refractivity contribution in [2.24, 2.45) is 0 Å². The molecule has 0 aliphatic carbocycles. The van der Waals surface area contributed by atoms with Crippen molar-refractivity contribution in [1.29, 1.82) is 0 Å². The molecule has 1 aromatic heterocycles. The fraction of sp³-hybridized carbons (Fsp3) is 0.348. The molecule has 0 saturated carbocycles. The molecule has 0 radical (unpaired) electrons. The summed E-state index contributed by atoms with van der Waals surface area (Å²) in [7, 11) is 0. The quantitative estimate of drug-likeness (QED) is 0.650. The Balaban J connectivity index is 1.19. The number of likely N-dealkylation sites (tertiary alicyclic amines) is 1. The molecule has 0 bridgehead atoms. The van der Waals surface area contributed by atoms with Crippen LogP contribution in [0.15, 0.2) is 59.0 Å². The molecule has 29 heavy (non-hydrogen) atoms. The third-order valence-corrected chi connectivity index (χ3v) is 5.40. The number of carbonyl (C=O) groups is 2. The number of aromatic nitrogens is 1. The molecule has 4 rings (SSSR count). The van der Waals surface area contributed by atoms with Gasteiger partial charge in [0.15, 0.2) is 11.5 Å². The third kappa shape index (κ3) is 4.65. The fourth-order valence-corrected chi connectivity index (χ4v) is 3.73. The van der Waals surface area contributed by atoms with Gasteiger partial charge in [-0.3, -0.25) is 9.59 Å². The Morgan fingerprint density at radius 1 is 1.03 bits per heavy atom. The Morgan fingerprint density at radius 2 is 1.76 bits per heavy atom. The van der Waals surface area contributed by atoms with Crippen LogP contribution in [0.1, 0.15) is 47.8 Å². The first-order valence-electron chi connectivity index (χ1n) is 10.2. The van der Waals surface area contributed by atoms with Gasteiger partial charge in [0.25, 0.3) is 5.91 Å². The van der Waals surface area contributed by atoms with Crippen LogP contribution in [0.3, 0.4) is 0 Å². The number of fused-ring (bicyclic) bond motifs is 1. The van der Waals surface area contributed by atoms with E-state index >= 15 is 0 Å². The molecule has 1 fully saturated rings. The summed E-state index contributed by atoms with van der Waals surface area (Å²) in [6, 6.07) is 16.9.